The molecule has 0 spiro atoms. The summed E-state index contributed by atoms with van der Waals surface area (Å²) in [7, 11) is 2.87. The van der Waals surface area contributed by atoms with Gasteiger partial charge in [0.05, 0.1) is 17.5 Å². The van der Waals surface area contributed by atoms with Crippen LogP contribution in [0.4, 0.5) is 0 Å². The van der Waals surface area contributed by atoms with Crippen molar-refractivity contribution in [3.05, 3.63) is 38.7 Å². The Kier molecular flexibility index (Phi) is 4.39. The second kappa shape index (κ2) is 6.50. The number of nitrogens with one attached hydrogen (secondary N) is 1. The fraction of sp³-hybridized carbons (Fsp3) is 0.438. The van der Waals surface area contributed by atoms with Gasteiger partial charge >= 0.3 is 5.69 Å². The van der Waals surface area contributed by atoms with Crippen molar-refractivity contribution in [2.24, 2.45) is 14.1 Å². The highest BCUT2D eigenvalue weighted by molar-refractivity contribution is 5.98. The molecule has 0 saturated carbocycles. The van der Waals surface area contributed by atoms with Gasteiger partial charge in [-0.2, -0.15) is 0 Å². The lowest BCUT2D eigenvalue weighted by Gasteiger charge is -2.15. The van der Waals surface area contributed by atoms with Crippen molar-refractivity contribution in [1.29, 1.82) is 0 Å². The molecule has 3 heterocycles. The quantitative estimate of drug-likeness (QED) is 0.767. The van der Waals surface area contributed by atoms with Crippen molar-refractivity contribution < 1.29 is 9.59 Å². The molecule has 1 aliphatic rings. The molecule has 1 aliphatic heterocycles. The number of carbonyl (C=O) groups excluding carboxylic acids is 2. The van der Waals surface area contributed by atoms with E-state index in [-0.39, 0.29) is 29.0 Å². The summed E-state index contributed by atoms with van der Waals surface area (Å²) >= 11 is 0. The summed E-state index contributed by atoms with van der Waals surface area (Å²) in [4.78, 5) is 54.1. The largest absolute Gasteiger partial charge is 0.343 e. The molecule has 25 heavy (non-hydrogen) atoms. The molecule has 1 fully saturated rings. The molecule has 1 saturated heterocycles. The van der Waals surface area contributed by atoms with Crippen LogP contribution < -0.4 is 16.6 Å². The predicted octanol–water partition coefficient (Wildman–Crippen LogP) is -1.02. The number of hydrogen-bond acceptors (Lipinski definition) is 5. The van der Waals surface area contributed by atoms with Crippen molar-refractivity contribution in [3.8, 4) is 0 Å². The summed E-state index contributed by atoms with van der Waals surface area (Å²) in [6.45, 7) is 1.34. The lowest BCUT2D eigenvalue weighted by atomic mass is 10.2. The van der Waals surface area contributed by atoms with E-state index in [1.807, 2.05) is 0 Å². The van der Waals surface area contributed by atoms with E-state index in [9.17, 15) is 19.2 Å². The van der Waals surface area contributed by atoms with Gasteiger partial charge in [0.15, 0.2) is 0 Å². The molecule has 0 bridgehead atoms. The van der Waals surface area contributed by atoms with E-state index in [0.717, 1.165) is 30.5 Å². The van der Waals surface area contributed by atoms with Crippen LogP contribution >= 0.6 is 0 Å². The molecular weight excluding hydrogens is 326 g/mol. The first kappa shape index (κ1) is 16.9. The zero-order chi connectivity index (χ0) is 18.1. The highest BCUT2D eigenvalue weighted by Crippen LogP contribution is 2.08. The van der Waals surface area contributed by atoms with Gasteiger partial charge in [0.1, 0.15) is 5.65 Å². The normalized spacial score (nSPS) is 14.1. The van der Waals surface area contributed by atoms with Crippen LogP contribution in [-0.4, -0.2) is 50.5 Å². The number of aromatic nitrogens is 3. The highest BCUT2D eigenvalue weighted by Gasteiger charge is 2.19. The number of aryl methyl sites for hydroxylation is 1. The van der Waals surface area contributed by atoms with Gasteiger partial charge in [-0.1, -0.05) is 0 Å². The number of rotatable bonds is 3. The van der Waals surface area contributed by atoms with Crippen LogP contribution in [0.1, 0.15) is 23.2 Å². The topological polar surface area (TPSA) is 106 Å². The van der Waals surface area contributed by atoms with Crippen molar-refractivity contribution in [1.82, 2.24) is 24.3 Å². The average molecular weight is 345 g/mol. The molecule has 2 amide bonds. The molecule has 0 aliphatic carbocycles. The van der Waals surface area contributed by atoms with Crippen molar-refractivity contribution >= 4 is 22.8 Å². The molecule has 2 aromatic heterocycles. The molecule has 3 rings (SSSR count). The molecule has 0 unspecified atom stereocenters. The molecule has 0 radical (unpaired) electrons. The van der Waals surface area contributed by atoms with Gasteiger partial charge in [0.25, 0.3) is 11.5 Å². The maximum Gasteiger partial charge on any atom is 0.332 e. The maximum absolute atomic E-state index is 12.3. The molecule has 1 N–H and O–H groups in total. The highest BCUT2D eigenvalue weighted by atomic mass is 16.2. The second-order valence-corrected chi connectivity index (χ2v) is 6.07. The standard InChI is InChI=1S/C16H19N5O4/c1-19-13-11(15(24)20(2)16(19)25)7-10(8-17-13)14(23)18-9-12(22)21-5-3-4-6-21/h7-8H,3-6,9H2,1-2H3,(H,18,23). The van der Waals surface area contributed by atoms with E-state index < -0.39 is 17.2 Å². The van der Waals surface area contributed by atoms with Crippen LogP contribution in [0.2, 0.25) is 0 Å². The lowest BCUT2D eigenvalue weighted by molar-refractivity contribution is -0.129. The molecule has 0 aromatic carbocycles. The Morgan fingerprint density at radius 1 is 1.16 bits per heavy atom. The van der Waals surface area contributed by atoms with Crippen LogP contribution in [0, 0.1) is 0 Å². The van der Waals surface area contributed by atoms with Gasteiger partial charge in [-0.3, -0.25) is 23.5 Å². The first-order chi connectivity index (χ1) is 11.9. The summed E-state index contributed by atoms with van der Waals surface area (Å²) in [5, 5.41) is 2.72. The molecular formula is C16H19N5O4. The Bertz CT molecular complexity index is 969. The maximum atomic E-state index is 12.3. The van der Waals surface area contributed by atoms with Gasteiger partial charge in [-0.05, 0) is 18.9 Å². The van der Waals surface area contributed by atoms with Crippen LogP contribution in [0.25, 0.3) is 11.0 Å². The molecule has 0 atom stereocenters. The Labute approximate surface area is 142 Å². The van der Waals surface area contributed by atoms with Crippen molar-refractivity contribution in [3.63, 3.8) is 0 Å². The van der Waals surface area contributed by atoms with E-state index in [1.165, 1.54) is 30.9 Å². The summed E-state index contributed by atoms with van der Waals surface area (Å²) in [6.07, 6.45) is 3.25. The number of pyridine rings is 1. The van der Waals surface area contributed by atoms with E-state index >= 15 is 0 Å². The smallest absolute Gasteiger partial charge is 0.332 e. The third-order valence-electron chi connectivity index (χ3n) is 4.41. The third-order valence-corrected chi connectivity index (χ3v) is 4.41. The van der Waals surface area contributed by atoms with E-state index in [1.54, 1.807) is 4.90 Å². The Morgan fingerprint density at radius 2 is 1.84 bits per heavy atom. The Balaban J connectivity index is 1.84. The Hall–Kier alpha value is -2.97. The van der Waals surface area contributed by atoms with Crippen LogP contribution in [0.5, 0.6) is 0 Å². The van der Waals surface area contributed by atoms with Crippen LogP contribution in [0.3, 0.4) is 0 Å². The van der Waals surface area contributed by atoms with Crippen molar-refractivity contribution in [2.75, 3.05) is 19.6 Å². The van der Waals surface area contributed by atoms with Gasteiger partial charge in [-0.15, -0.1) is 0 Å². The van der Waals surface area contributed by atoms with Crippen LogP contribution in [0.15, 0.2) is 21.9 Å². The average Bonchev–Trinajstić information content (AvgIpc) is 3.16. The Morgan fingerprint density at radius 3 is 2.52 bits per heavy atom. The summed E-state index contributed by atoms with van der Waals surface area (Å²) in [5.41, 5.74) is -0.637. The third kappa shape index (κ3) is 3.04. The van der Waals surface area contributed by atoms with Crippen LogP contribution in [-0.2, 0) is 18.9 Å². The molecule has 9 heteroatoms. The fourth-order valence-corrected chi connectivity index (χ4v) is 2.93. The monoisotopic (exact) mass is 345 g/mol. The first-order valence-electron chi connectivity index (χ1n) is 8.02. The van der Waals surface area contributed by atoms with Gasteiger partial charge < -0.3 is 10.2 Å². The SMILES string of the molecule is Cn1c(=O)c2cc(C(=O)NCC(=O)N3CCCC3)cnc2n(C)c1=O. The minimum Gasteiger partial charge on any atom is -0.343 e. The number of amides is 2. The zero-order valence-electron chi connectivity index (χ0n) is 14.1. The van der Waals surface area contributed by atoms with E-state index in [4.69, 9.17) is 0 Å². The number of likely N-dealkylation sites (tertiary alicyclic amines) is 1. The predicted molar refractivity (Wildman–Crippen MR) is 90.4 cm³/mol. The summed E-state index contributed by atoms with van der Waals surface area (Å²) < 4.78 is 2.21. The zero-order valence-corrected chi connectivity index (χ0v) is 14.1. The number of carbonyl (C=O) groups is 2. The molecule has 2 aromatic rings. The lowest BCUT2D eigenvalue weighted by Crippen LogP contribution is -2.39. The second-order valence-electron chi connectivity index (χ2n) is 6.07. The first-order valence-corrected chi connectivity index (χ1v) is 8.02. The summed E-state index contributed by atoms with van der Waals surface area (Å²) in [5.74, 6) is -0.615. The molecule has 9 nitrogen and oxygen atoms in total. The minimum absolute atomic E-state index is 0.0951. The van der Waals surface area contributed by atoms with E-state index in [2.05, 4.69) is 10.3 Å². The number of hydrogen-bond donors (Lipinski definition) is 1. The molecule has 132 valence electrons. The minimum atomic E-state index is -0.520. The summed E-state index contributed by atoms with van der Waals surface area (Å²) in [6, 6.07) is 1.39. The number of fused-ring (bicyclic) bond motifs is 1. The van der Waals surface area contributed by atoms with Crippen molar-refractivity contribution in [2.45, 2.75) is 12.8 Å². The van der Waals surface area contributed by atoms with Gasteiger partial charge in [0.2, 0.25) is 5.91 Å². The fourth-order valence-electron chi connectivity index (χ4n) is 2.93. The van der Waals surface area contributed by atoms with Gasteiger partial charge in [-0.25, -0.2) is 9.78 Å². The van der Waals surface area contributed by atoms with Gasteiger partial charge in [0, 0.05) is 33.4 Å². The number of nitrogens with zero attached hydrogens (tertiary/aromatic N) is 4. The van der Waals surface area contributed by atoms with E-state index in [0.29, 0.717) is 0 Å².